The van der Waals surface area contributed by atoms with Crippen LogP contribution in [-0.2, 0) is 5.41 Å². The van der Waals surface area contributed by atoms with Crippen LogP contribution in [0.1, 0.15) is 22.3 Å². The van der Waals surface area contributed by atoms with Gasteiger partial charge in [-0.3, -0.25) is 4.98 Å². The molecule has 0 amide bonds. The third-order valence-corrected chi connectivity index (χ3v) is 11.3. The molecule has 0 saturated carbocycles. The van der Waals surface area contributed by atoms with Crippen molar-refractivity contribution in [1.82, 2.24) is 15.0 Å². The van der Waals surface area contributed by atoms with E-state index in [2.05, 4.69) is 169 Å². The first kappa shape index (κ1) is 32.0. The average Bonchev–Trinajstić information content (AvgIpc) is 3.57. The molecule has 1 aliphatic carbocycles. The molecule has 0 saturated heterocycles. The first-order valence-electron chi connectivity index (χ1n) is 18.9. The Labute approximate surface area is 325 Å². The molecule has 0 atom stereocenters. The van der Waals surface area contributed by atoms with E-state index in [1.54, 1.807) is 0 Å². The number of fused-ring (bicyclic) bond motifs is 9. The van der Waals surface area contributed by atoms with Crippen LogP contribution < -0.4 is 4.74 Å². The number of benzene rings is 7. The lowest BCUT2D eigenvalue weighted by atomic mass is 9.65. The van der Waals surface area contributed by atoms with E-state index in [9.17, 15) is 0 Å². The second-order valence-corrected chi connectivity index (χ2v) is 14.4. The standard InChI is InChI=1S/C52H33N3O/c1-3-12-35(13-4-1)47-33-48(55-51(54-47)36-14-5-2-6-15-36)40-23-25-50-46(32-40)52(43-20-9-7-18-41(43)42-19-8-10-21-44(42)52)45-31-39(22-24-49(45)56-50)38-17-11-16-37(30-38)34-26-28-53-29-27-34/h1-33H. The third kappa shape index (κ3) is 5.04. The maximum Gasteiger partial charge on any atom is 0.160 e. The summed E-state index contributed by atoms with van der Waals surface area (Å²) in [5.41, 5.74) is 15.8. The SMILES string of the molecule is c1ccc(-c2cc(-c3ccc4c(c3)C3(c5cc(-c6cccc(-c7ccncc7)c6)ccc5O4)c4ccccc4-c4ccccc43)nc(-c3ccccc3)n2)cc1. The Hall–Kier alpha value is -7.43. The lowest BCUT2D eigenvalue weighted by Crippen LogP contribution is -2.32. The topological polar surface area (TPSA) is 47.9 Å². The van der Waals surface area contributed by atoms with Crippen molar-refractivity contribution in [3.8, 4) is 78.8 Å². The fraction of sp³-hybridized carbons (Fsp3) is 0.0192. The molecule has 0 N–H and O–H groups in total. The van der Waals surface area contributed by atoms with Gasteiger partial charge in [-0.05, 0) is 99.1 Å². The lowest BCUT2D eigenvalue weighted by Gasteiger charge is -2.40. The molecule has 0 fully saturated rings. The van der Waals surface area contributed by atoms with Crippen molar-refractivity contribution >= 4 is 0 Å². The Morgan fingerprint density at radius 2 is 0.839 bits per heavy atom. The minimum absolute atomic E-state index is 0.650. The van der Waals surface area contributed by atoms with Crippen LogP contribution in [0.15, 0.2) is 200 Å². The summed E-state index contributed by atoms with van der Waals surface area (Å²) in [7, 11) is 0. The van der Waals surface area contributed by atoms with Crippen LogP contribution in [-0.4, -0.2) is 15.0 Å². The zero-order valence-electron chi connectivity index (χ0n) is 30.3. The van der Waals surface area contributed by atoms with E-state index >= 15 is 0 Å². The monoisotopic (exact) mass is 715 g/mol. The van der Waals surface area contributed by atoms with Crippen LogP contribution in [0.5, 0.6) is 11.5 Å². The van der Waals surface area contributed by atoms with Crippen molar-refractivity contribution in [2.45, 2.75) is 5.41 Å². The molecule has 56 heavy (non-hydrogen) atoms. The fourth-order valence-electron chi connectivity index (χ4n) is 8.73. The molecule has 1 aliphatic heterocycles. The van der Waals surface area contributed by atoms with Crippen molar-refractivity contribution < 1.29 is 4.74 Å². The van der Waals surface area contributed by atoms with E-state index in [1.165, 1.54) is 22.3 Å². The number of aromatic nitrogens is 3. The number of hydrogen-bond donors (Lipinski definition) is 0. The predicted molar refractivity (Wildman–Crippen MR) is 224 cm³/mol. The van der Waals surface area contributed by atoms with Crippen LogP contribution in [0.2, 0.25) is 0 Å². The number of nitrogens with zero attached hydrogens (tertiary/aromatic N) is 3. The number of pyridine rings is 1. The van der Waals surface area contributed by atoms with E-state index < -0.39 is 5.41 Å². The van der Waals surface area contributed by atoms with E-state index in [1.807, 2.05) is 36.7 Å². The van der Waals surface area contributed by atoms with Crippen molar-refractivity contribution in [2.24, 2.45) is 0 Å². The highest BCUT2D eigenvalue weighted by atomic mass is 16.5. The van der Waals surface area contributed by atoms with Crippen molar-refractivity contribution in [3.05, 3.63) is 223 Å². The first-order valence-corrected chi connectivity index (χ1v) is 18.9. The second-order valence-electron chi connectivity index (χ2n) is 14.4. The van der Waals surface area contributed by atoms with Gasteiger partial charge in [0.15, 0.2) is 5.82 Å². The molecule has 11 rings (SSSR count). The summed E-state index contributed by atoms with van der Waals surface area (Å²) in [5.74, 6) is 2.37. The van der Waals surface area contributed by atoms with Gasteiger partial charge in [0.25, 0.3) is 0 Å². The average molecular weight is 716 g/mol. The summed E-state index contributed by atoms with van der Waals surface area (Å²) in [6, 6.07) is 66.5. The van der Waals surface area contributed by atoms with Crippen molar-refractivity contribution in [2.75, 3.05) is 0 Å². The smallest absolute Gasteiger partial charge is 0.160 e. The Balaban J connectivity index is 1.15. The van der Waals surface area contributed by atoms with Crippen molar-refractivity contribution in [1.29, 1.82) is 0 Å². The highest BCUT2D eigenvalue weighted by molar-refractivity contribution is 5.90. The van der Waals surface area contributed by atoms with E-state index in [-0.39, 0.29) is 0 Å². The zero-order chi connectivity index (χ0) is 37.1. The molecule has 9 aromatic rings. The van der Waals surface area contributed by atoms with Crippen LogP contribution in [0.3, 0.4) is 0 Å². The summed E-state index contributed by atoms with van der Waals surface area (Å²) in [6.45, 7) is 0. The van der Waals surface area contributed by atoms with Crippen LogP contribution in [0.25, 0.3) is 67.3 Å². The number of rotatable bonds is 5. The van der Waals surface area contributed by atoms with Gasteiger partial charge in [-0.2, -0.15) is 0 Å². The van der Waals surface area contributed by atoms with Crippen LogP contribution in [0, 0.1) is 0 Å². The highest BCUT2D eigenvalue weighted by Gasteiger charge is 2.51. The summed E-state index contributed by atoms with van der Waals surface area (Å²) < 4.78 is 6.92. The molecular formula is C52H33N3O. The second kappa shape index (κ2) is 12.9. The van der Waals surface area contributed by atoms with Gasteiger partial charge in [-0.25, -0.2) is 9.97 Å². The maximum atomic E-state index is 6.92. The summed E-state index contributed by atoms with van der Waals surface area (Å²) in [6.07, 6.45) is 3.68. The lowest BCUT2D eigenvalue weighted by molar-refractivity contribution is 0.436. The van der Waals surface area contributed by atoms with Crippen molar-refractivity contribution in [3.63, 3.8) is 0 Å². The molecule has 0 unspecified atom stereocenters. The Morgan fingerprint density at radius 1 is 0.339 bits per heavy atom. The van der Waals surface area contributed by atoms with Gasteiger partial charge in [0.2, 0.25) is 0 Å². The first-order chi connectivity index (χ1) is 27.7. The summed E-state index contributed by atoms with van der Waals surface area (Å²) in [5, 5.41) is 0. The molecule has 2 aliphatic rings. The van der Waals surface area contributed by atoms with Gasteiger partial charge in [0, 0.05) is 40.2 Å². The van der Waals surface area contributed by atoms with Crippen LogP contribution in [0.4, 0.5) is 0 Å². The normalized spacial score (nSPS) is 12.9. The van der Waals surface area contributed by atoms with Crippen LogP contribution >= 0.6 is 0 Å². The van der Waals surface area contributed by atoms with E-state index in [4.69, 9.17) is 14.7 Å². The molecule has 0 radical (unpaired) electrons. The van der Waals surface area contributed by atoms with E-state index in [0.717, 1.165) is 73.0 Å². The summed E-state index contributed by atoms with van der Waals surface area (Å²) in [4.78, 5) is 14.5. The number of ether oxygens (including phenoxy) is 1. The third-order valence-electron chi connectivity index (χ3n) is 11.3. The molecule has 4 heteroatoms. The summed E-state index contributed by atoms with van der Waals surface area (Å²) >= 11 is 0. The molecule has 4 nitrogen and oxygen atoms in total. The van der Waals surface area contributed by atoms with Gasteiger partial charge in [0.1, 0.15) is 11.5 Å². The highest BCUT2D eigenvalue weighted by Crippen LogP contribution is 2.62. The van der Waals surface area contributed by atoms with Gasteiger partial charge < -0.3 is 4.74 Å². The maximum absolute atomic E-state index is 6.92. The predicted octanol–water partition coefficient (Wildman–Crippen LogP) is 12.7. The molecule has 3 heterocycles. The Bertz CT molecular complexity index is 2840. The van der Waals surface area contributed by atoms with E-state index in [0.29, 0.717) is 5.82 Å². The molecule has 262 valence electrons. The molecule has 2 aromatic heterocycles. The number of hydrogen-bond acceptors (Lipinski definition) is 4. The minimum atomic E-state index is -0.650. The molecule has 0 bridgehead atoms. The minimum Gasteiger partial charge on any atom is -0.457 e. The quantitative estimate of drug-likeness (QED) is 0.178. The zero-order valence-corrected chi connectivity index (χ0v) is 30.3. The molecule has 7 aromatic carbocycles. The fourth-order valence-corrected chi connectivity index (χ4v) is 8.73. The largest absolute Gasteiger partial charge is 0.457 e. The molecular weight excluding hydrogens is 683 g/mol. The van der Waals surface area contributed by atoms with Gasteiger partial charge >= 0.3 is 0 Å². The Morgan fingerprint density at radius 3 is 1.50 bits per heavy atom. The van der Waals surface area contributed by atoms with Gasteiger partial charge in [-0.1, -0.05) is 133 Å². The van der Waals surface area contributed by atoms with Gasteiger partial charge in [-0.15, -0.1) is 0 Å². The van der Waals surface area contributed by atoms with Gasteiger partial charge in [0.05, 0.1) is 16.8 Å². The molecule has 1 spiro atoms. The Kier molecular flexibility index (Phi) is 7.36.